The third kappa shape index (κ3) is 3.66. The maximum Gasteiger partial charge on any atom is 0.138 e. The molecule has 0 radical (unpaired) electrons. The number of oxime groups is 1. The molecule has 86 valence electrons. The Labute approximate surface area is 101 Å². The van der Waals surface area contributed by atoms with Crippen LogP contribution in [-0.2, 0) is 4.84 Å². The second kappa shape index (κ2) is 6.28. The Morgan fingerprint density at radius 2 is 2.38 bits per heavy atom. The molecule has 4 heteroatoms. The highest BCUT2D eigenvalue weighted by Crippen LogP contribution is 2.13. The van der Waals surface area contributed by atoms with Crippen molar-refractivity contribution in [1.29, 1.82) is 0 Å². The summed E-state index contributed by atoms with van der Waals surface area (Å²) in [4.78, 5) is 9.28. The Morgan fingerprint density at radius 3 is 3.00 bits per heavy atom. The first kappa shape index (κ1) is 12.7. The average molecular weight is 239 g/mol. The Hall–Kier alpha value is -1.35. The zero-order valence-corrected chi connectivity index (χ0v) is 10.3. The van der Waals surface area contributed by atoms with Crippen molar-refractivity contribution in [3.63, 3.8) is 0 Å². The van der Waals surface area contributed by atoms with Crippen LogP contribution < -0.4 is 0 Å². The molecule has 1 rings (SSSR count). The molecule has 0 unspecified atom stereocenters. The van der Waals surface area contributed by atoms with Crippen molar-refractivity contribution in [3.05, 3.63) is 41.2 Å². The van der Waals surface area contributed by atoms with Gasteiger partial charge in [0.05, 0.1) is 5.02 Å². The van der Waals surface area contributed by atoms with Crippen molar-refractivity contribution in [2.75, 3.05) is 6.61 Å². The summed E-state index contributed by atoms with van der Waals surface area (Å²) in [6.45, 7) is 8.09. The summed E-state index contributed by atoms with van der Waals surface area (Å²) in [6, 6.07) is 3.55. The molecule has 0 spiro atoms. The summed E-state index contributed by atoms with van der Waals surface area (Å²) in [5.74, 6) is 0. The predicted molar refractivity (Wildman–Crippen MR) is 66.8 cm³/mol. The van der Waals surface area contributed by atoms with Crippen LogP contribution in [0.5, 0.6) is 0 Å². The van der Waals surface area contributed by atoms with Crippen LogP contribution in [0.25, 0.3) is 0 Å². The van der Waals surface area contributed by atoms with E-state index >= 15 is 0 Å². The SMILES string of the molecule is C=C(CC)CO/N=C(\C)c1ncccc1Cl. The van der Waals surface area contributed by atoms with E-state index in [0.717, 1.165) is 12.0 Å². The molecule has 0 amide bonds. The van der Waals surface area contributed by atoms with Crippen LogP contribution in [0, 0.1) is 0 Å². The minimum absolute atomic E-state index is 0.429. The smallest absolute Gasteiger partial charge is 0.138 e. The highest BCUT2D eigenvalue weighted by molar-refractivity contribution is 6.33. The fraction of sp³-hybridized carbons (Fsp3) is 0.333. The summed E-state index contributed by atoms with van der Waals surface area (Å²) in [6.07, 6.45) is 2.56. The third-order valence-electron chi connectivity index (χ3n) is 2.07. The van der Waals surface area contributed by atoms with E-state index in [0.29, 0.717) is 23.0 Å². The number of pyridine rings is 1. The number of hydrogen-bond acceptors (Lipinski definition) is 3. The lowest BCUT2D eigenvalue weighted by molar-refractivity contribution is 0.166. The molecule has 1 heterocycles. The van der Waals surface area contributed by atoms with Gasteiger partial charge < -0.3 is 4.84 Å². The molecular formula is C12H15ClN2O. The second-order valence-electron chi connectivity index (χ2n) is 3.39. The molecule has 0 aliphatic rings. The van der Waals surface area contributed by atoms with E-state index < -0.39 is 0 Å². The van der Waals surface area contributed by atoms with Crippen molar-refractivity contribution in [2.45, 2.75) is 20.3 Å². The number of hydrogen-bond donors (Lipinski definition) is 0. The van der Waals surface area contributed by atoms with Crippen molar-refractivity contribution in [2.24, 2.45) is 5.16 Å². The van der Waals surface area contributed by atoms with Gasteiger partial charge in [-0.2, -0.15) is 0 Å². The fourth-order valence-corrected chi connectivity index (χ4v) is 1.28. The second-order valence-corrected chi connectivity index (χ2v) is 3.79. The van der Waals surface area contributed by atoms with Gasteiger partial charge in [0, 0.05) is 6.20 Å². The molecule has 0 saturated heterocycles. The van der Waals surface area contributed by atoms with Crippen LogP contribution in [0.2, 0.25) is 5.02 Å². The average Bonchev–Trinajstić information content (AvgIpc) is 2.29. The van der Waals surface area contributed by atoms with E-state index in [4.69, 9.17) is 16.4 Å². The van der Waals surface area contributed by atoms with Gasteiger partial charge in [-0.15, -0.1) is 0 Å². The minimum atomic E-state index is 0.429. The molecule has 1 aromatic heterocycles. The normalized spacial score (nSPS) is 11.3. The van der Waals surface area contributed by atoms with Crippen LogP contribution in [0.15, 0.2) is 35.6 Å². The van der Waals surface area contributed by atoms with Crippen LogP contribution in [-0.4, -0.2) is 17.3 Å². The van der Waals surface area contributed by atoms with Gasteiger partial charge in [0.25, 0.3) is 0 Å². The first-order chi connectivity index (χ1) is 7.65. The third-order valence-corrected chi connectivity index (χ3v) is 2.38. The van der Waals surface area contributed by atoms with E-state index in [1.54, 1.807) is 18.3 Å². The summed E-state index contributed by atoms with van der Waals surface area (Å²) in [7, 11) is 0. The van der Waals surface area contributed by atoms with Crippen molar-refractivity contribution in [1.82, 2.24) is 4.98 Å². The van der Waals surface area contributed by atoms with Gasteiger partial charge in [-0.3, -0.25) is 4.98 Å². The zero-order chi connectivity index (χ0) is 12.0. The van der Waals surface area contributed by atoms with Gasteiger partial charge in [0.15, 0.2) is 0 Å². The molecule has 1 aromatic rings. The predicted octanol–water partition coefficient (Wildman–Crippen LogP) is 3.44. The molecule has 0 aliphatic carbocycles. The number of aromatic nitrogens is 1. The van der Waals surface area contributed by atoms with Crippen molar-refractivity contribution >= 4 is 17.3 Å². The number of nitrogens with zero attached hydrogens (tertiary/aromatic N) is 2. The summed E-state index contributed by atoms with van der Waals surface area (Å²) < 4.78 is 0. The Bertz CT molecular complexity index is 402. The van der Waals surface area contributed by atoms with Crippen LogP contribution >= 0.6 is 11.6 Å². The summed E-state index contributed by atoms with van der Waals surface area (Å²) in [5, 5.41) is 4.52. The summed E-state index contributed by atoms with van der Waals surface area (Å²) in [5.41, 5.74) is 2.31. The van der Waals surface area contributed by atoms with E-state index in [-0.39, 0.29) is 0 Å². The van der Waals surface area contributed by atoms with Crippen molar-refractivity contribution in [3.8, 4) is 0 Å². The zero-order valence-electron chi connectivity index (χ0n) is 9.53. The number of halogens is 1. The lowest BCUT2D eigenvalue weighted by atomic mass is 10.2. The van der Waals surface area contributed by atoms with Gasteiger partial charge >= 0.3 is 0 Å². The van der Waals surface area contributed by atoms with Crippen molar-refractivity contribution < 1.29 is 4.84 Å². The van der Waals surface area contributed by atoms with E-state index in [1.807, 2.05) is 13.8 Å². The van der Waals surface area contributed by atoms with Gasteiger partial charge in [0.1, 0.15) is 18.0 Å². The largest absolute Gasteiger partial charge is 0.391 e. The van der Waals surface area contributed by atoms with Gasteiger partial charge in [-0.05, 0) is 31.1 Å². The van der Waals surface area contributed by atoms with E-state index in [2.05, 4.69) is 16.7 Å². The minimum Gasteiger partial charge on any atom is -0.391 e. The molecule has 0 bridgehead atoms. The topological polar surface area (TPSA) is 34.5 Å². The maximum atomic E-state index is 5.97. The van der Waals surface area contributed by atoms with Gasteiger partial charge in [-0.25, -0.2) is 0 Å². The first-order valence-electron chi connectivity index (χ1n) is 5.09. The van der Waals surface area contributed by atoms with Crippen LogP contribution in [0.4, 0.5) is 0 Å². The van der Waals surface area contributed by atoms with Crippen LogP contribution in [0.3, 0.4) is 0 Å². The monoisotopic (exact) mass is 238 g/mol. The first-order valence-corrected chi connectivity index (χ1v) is 5.47. The molecule has 0 fully saturated rings. The molecule has 16 heavy (non-hydrogen) atoms. The lowest BCUT2D eigenvalue weighted by Gasteiger charge is -2.03. The van der Waals surface area contributed by atoms with Crippen LogP contribution in [0.1, 0.15) is 26.0 Å². The Morgan fingerprint density at radius 1 is 1.62 bits per heavy atom. The molecular weight excluding hydrogens is 224 g/mol. The maximum absolute atomic E-state index is 5.97. The summed E-state index contributed by atoms with van der Waals surface area (Å²) >= 11 is 5.97. The molecule has 3 nitrogen and oxygen atoms in total. The standard InChI is InChI=1S/C12H15ClN2O/c1-4-9(2)8-16-15-10(3)12-11(13)6-5-7-14-12/h5-7H,2,4,8H2,1,3H3/b15-10+. The lowest BCUT2D eigenvalue weighted by Crippen LogP contribution is -2.01. The molecule has 0 aromatic carbocycles. The quantitative estimate of drug-likeness (QED) is 0.447. The van der Waals surface area contributed by atoms with Gasteiger partial charge in [-0.1, -0.05) is 30.3 Å². The fourth-order valence-electron chi connectivity index (χ4n) is 1.02. The highest BCUT2D eigenvalue weighted by atomic mass is 35.5. The highest BCUT2D eigenvalue weighted by Gasteiger charge is 2.04. The Balaban J connectivity index is 2.64. The molecule has 0 atom stereocenters. The Kier molecular flexibility index (Phi) is 4.99. The molecule has 0 N–H and O–H groups in total. The van der Waals surface area contributed by atoms with E-state index in [1.165, 1.54) is 0 Å². The van der Waals surface area contributed by atoms with Gasteiger partial charge in [0.2, 0.25) is 0 Å². The molecule has 0 saturated carbocycles. The van der Waals surface area contributed by atoms with E-state index in [9.17, 15) is 0 Å². The molecule has 0 aliphatic heterocycles. The number of rotatable bonds is 5.